The molecule has 3 heterocycles. The third-order valence-electron chi connectivity index (χ3n) is 3.92. The fraction of sp³-hybridized carbons (Fsp3) is 0.333. The molecule has 8 nitrogen and oxygen atoms in total. The van der Waals surface area contributed by atoms with Crippen molar-refractivity contribution in [1.82, 2.24) is 15.3 Å². The Kier molecular flexibility index (Phi) is 5.36. The minimum atomic E-state index is -1.42. The summed E-state index contributed by atoms with van der Waals surface area (Å²) >= 11 is 0. The van der Waals surface area contributed by atoms with Gasteiger partial charge in [-0.2, -0.15) is 0 Å². The summed E-state index contributed by atoms with van der Waals surface area (Å²) in [6.45, 7) is 3.50. The Balaban J connectivity index is 1.95. The van der Waals surface area contributed by atoms with E-state index < -0.39 is 12.1 Å². The van der Waals surface area contributed by atoms with Crippen LogP contribution in [0, 0.1) is 0 Å². The molecule has 0 aromatic carbocycles. The molecule has 0 saturated heterocycles. The molecule has 3 rings (SSSR count). The van der Waals surface area contributed by atoms with Crippen molar-refractivity contribution in [3.05, 3.63) is 47.3 Å². The lowest BCUT2D eigenvalue weighted by molar-refractivity contribution is -0.119. The highest BCUT2D eigenvalue weighted by atomic mass is 16.6. The van der Waals surface area contributed by atoms with E-state index in [1.54, 1.807) is 38.4 Å². The van der Waals surface area contributed by atoms with Crippen LogP contribution in [-0.2, 0) is 14.3 Å². The lowest BCUT2D eigenvalue weighted by Crippen LogP contribution is -2.31. The van der Waals surface area contributed by atoms with Crippen molar-refractivity contribution >= 4 is 22.9 Å². The summed E-state index contributed by atoms with van der Waals surface area (Å²) < 4.78 is 10.8. The molecular weight excluding hydrogens is 338 g/mol. The minimum Gasteiger partial charge on any atom is -0.437 e. The molecule has 2 aromatic heterocycles. The van der Waals surface area contributed by atoms with E-state index in [0.717, 1.165) is 10.9 Å². The number of pyridine rings is 1. The van der Waals surface area contributed by atoms with Gasteiger partial charge in [-0.1, -0.05) is 0 Å². The Labute approximate surface area is 150 Å². The number of nitrogens with zero attached hydrogens (tertiary/aromatic N) is 1. The number of fused-ring (bicyclic) bond motifs is 1. The van der Waals surface area contributed by atoms with Gasteiger partial charge in [-0.25, -0.2) is 4.98 Å². The van der Waals surface area contributed by atoms with Crippen LogP contribution in [-0.4, -0.2) is 51.5 Å². The van der Waals surface area contributed by atoms with Gasteiger partial charge in [-0.3, -0.25) is 4.79 Å². The average Bonchev–Trinajstić information content (AvgIpc) is 3.17. The van der Waals surface area contributed by atoms with Crippen molar-refractivity contribution in [2.24, 2.45) is 0 Å². The molecular formula is C18H21N3O5. The number of carbonyl (C=O) groups is 1. The fourth-order valence-electron chi connectivity index (χ4n) is 2.62. The first kappa shape index (κ1) is 18.1. The number of ketones is 1. The number of H-pyrrole nitrogens is 1. The van der Waals surface area contributed by atoms with E-state index >= 15 is 0 Å². The number of aliphatic hydroxyl groups excluding tert-OH is 2. The van der Waals surface area contributed by atoms with Crippen molar-refractivity contribution in [3.63, 3.8) is 0 Å². The molecule has 0 spiro atoms. The van der Waals surface area contributed by atoms with Crippen LogP contribution in [0.2, 0.25) is 0 Å². The molecule has 2 atom stereocenters. The number of Topliss-reactive ketones (excluding diaryl/α,β-unsaturated/α-hetero) is 1. The van der Waals surface area contributed by atoms with Gasteiger partial charge in [0.05, 0.1) is 6.61 Å². The molecule has 0 fully saturated rings. The van der Waals surface area contributed by atoms with Crippen LogP contribution < -0.4 is 5.32 Å². The van der Waals surface area contributed by atoms with Crippen molar-refractivity contribution in [2.75, 3.05) is 13.2 Å². The lowest BCUT2D eigenvalue weighted by Gasteiger charge is -2.15. The second kappa shape index (κ2) is 7.69. The SMILES string of the molecule is CCOC(O)C1=C(NC(C)CO)O/C(=C\c2c[nH]c3ncccc23)C1=O. The van der Waals surface area contributed by atoms with Gasteiger partial charge in [-0.05, 0) is 32.1 Å². The van der Waals surface area contributed by atoms with E-state index in [0.29, 0.717) is 5.65 Å². The largest absolute Gasteiger partial charge is 0.437 e. The quantitative estimate of drug-likeness (QED) is 0.431. The van der Waals surface area contributed by atoms with Crippen molar-refractivity contribution in [1.29, 1.82) is 0 Å². The maximum absolute atomic E-state index is 12.7. The van der Waals surface area contributed by atoms with Crippen LogP contribution in [0.1, 0.15) is 19.4 Å². The fourth-order valence-corrected chi connectivity index (χ4v) is 2.62. The summed E-state index contributed by atoms with van der Waals surface area (Å²) in [5.74, 6) is -0.338. The van der Waals surface area contributed by atoms with Crippen LogP contribution >= 0.6 is 0 Å². The van der Waals surface area contributed by atoms with Crippen LogP contribution in [0.3, 0.4) is 0 Å². The van der Waals surface area contributed by atoms with Crippen molar-refractivity contribution < 1.29 is 24.5 Å². The zero-order valence-corrected chi connectivity index (χ0v) is 14.5. The smallest absolute Gasteiger partial charge is 0.234 e. The third-order valence-corrected chi connectivity index (χ3v) is 3.92. The Morgan fingerprint density at radius 1 is 1.50 bits per heavy atom. The van der Waals surface area contributed by atoms with Gasteiger partial charge in [0.25, 0.3) is 0 Å². The minimum absolute atomic E-state index is 0.0173. The molecule has 138 valence electrons. The second-order valence-electron chi connectivity index (χ2n) is 5.86. The van der Waals surface area contributed by atoms with E-state index in [1.807, 2.05) is 6.07 Å². The Morgan fingerprint density at radius 3 is 3.04 bits per heavy atom. The Morgan fingerprint density at radius 2 is 2.31 bits per heavy atom. The third kappa shape index (κ3) is 3.48. The number of aliphatic hydroxyl groups is 2. The highest BCUT2D eigenvalue weighted by molar-refractivity contribution is 6.12. The normalized spacial score (nSPS) is 18.5. The Bertz CT molecular complexity index is 871. The van der Waals surface area contributed by atoms with Gasteiger partial charge in [0, 0.05) is 36.0 Å². The number of allylic oxidation sites excluding steroid dienone is 1. The van der Waals surface area contributed by atoms with Crippen molar-refractivity contribution in [2.45, 2.75) is 26.2 Å². The number of rotatable bonds is 7. The summed E-state index contributed by atoms with van der Waals surface area (Å²) in [5, 5.41) is 23.1. The number of carbonyl (C=O) groups excluding carboxylic acids is 1. The van der Waals surface area contributed by atoms with E-state index in [1.165, 1.54) is 0 Å². The maximum atomic E-state index is 12.7. The molecule has 4 N–H and O–H groups in total. The van der Waals surface area contributed by atoms with E-state index in [9.17, 15) is 15.0 Å². The predicted octanol–water partition coefficient (Wildman–Crippen LogP) is 1.04. The molecule has 2 aromatic rings. The predicted molar refractivity (Wildman–Crippen MR) is 94.5 cm³/mol. The van der Waals surface area contributed by atoms with Crippen LogP contribution in [0.5, 0.6) is 0 Å². The number of nitrogens with one attached hydrogen (secondary N) is 2. The molecule has 8 heteroatoms. The highest BCUT2D eigenvalue weighted by Gasteiger charge is 2.36. The first-order valence-corrected chi connectivity index (χ1v) is 8.32. The molecule has 1 aliphatic heterocycles. The van der Waals surface area contributed by atoms with E-state index in [2.05, 4.69) is 15.3 Å². The van der Waals surface area contributed by atoms with E-state index in [4.69, 9.17) is 9.47 Å². The number of hydrogen-bond acceptors (Lipinski definition) is 7. The van der Waals surface area contributed by atoms with Gasteiger partial charge in [0.1, 0.15) is 11.2 Å². The highest BCUT2D eigenvalue weighted by Crippen LogP contribution is 2.29. The maximum Gasteiger partial charge on any atom is 0.234 e. The molecule has 0 bridgehead atoms. The van der Waals surface area contributed by atoms with Crippen LogP contribution in [0.15, 0.2) is 41.7 Å². The summed E-state index contributed by atoms with van der Waals surface area (Å²) in [6.07, 6.45) is 3.56. The van der Waals surface area contributed by atoms with Crippen LogP contribution in [0.4, 0.5) is 0 Å². The molecule has 0 aliphatic carbocycles. The summed E-state index contributed by atoms with van der Waals surface area (Å²) in [7, 11) is 0. The number of ether oxygens (including phenoxy) is 2. The van der Waals surface area contributed by atoms with Gasteiger partial charge in [0.2, 0.25) is 11.7 Å². The van der Waals surface area contributed by atoms with Gasteiger partial charge >= 0.3 is 0 Å². The van der Waals surface area contributed by atoms with Gasteiger partial charge in [-0.15, -0.1) is 0 Å². The molecule has 26 heavy (non-hydrogen) atoms. The molecule has 1 aliphatic rings. The standard InChI is InChI=1S/C18H21N3O5/c1-3-25-18(24)14-15(23)13(26-17(14)21-10(2)9-22)7-11-8-20-16-12(11)5-4-6-19-16/h4-8,10,18,21-22,24H,3,9H2,1-2H3,(H,19,20)/b13-7-. The lowest BCUT2D eigenvalue weighted by atomic mass is 10.1. The monoisotopic (exact) mass is 359 g/mol. The zero-order valence-electron chi connectivity index (χ0n) is 14.5. The molecule has 0 radical (unpaired) electrons. The number of aromatic nitrogens is 2. The summed E-state index contributed by atoms with van der Waals surface area (Å²) in [4.78, 5) is 20.0. The number of hydrogen-bond donors (Lipinski definition) is 4. The summed E-state index contributed by atoms with van der Waals surface area (Å²) in [6, 6.07) is 3.31. The second-order valence-corrected chi connectivity index (χ2v) is 5.86. The molecule has 0 saturated carbocycles. The summed E-state index contributed by atoms with van der Waals surface area (Å²) in [5.41, 5.74) is 1.41. The molecule has 0 amide bonds. The van der Waals surface area contributed by atoms with Crippen LogP contribution in [0.25, 0.3) is 17.1 Å². The topological polar surface area (TPSA) is 117 Å². The van der Waals surface area contributed by atoms with Gasteiger partial charge in [0.15, 0.2) is 12.0 Å². The van der Waals surface area contributed by atoms with Gasteiger partial charge < -0.3 is 30.0 Å². The van der Waals surface area contributed by atoms with E-state index in [-0.39, 0.29) is 36.5 Å². The van der Waals surface area contributed by atoms with Crippen molar-refractivity contribution in [3.8, 4) is 0 Å². The zero-order chi connectivity index (χ0) is 18.7. The average molecular weight is 359 g/mol. The number of aromatic amines is 1. The first-order chi connectivity index (χ1) is 12.5. The first-order valence-electron chi connectivity index (χ1n) is 8.32. The molecule has 2 unspecified atom stereocenters. The Hall–Kier alpha value is -2.68.